The van der Waals surface area contributed by atoms with E-state index < -0.39 is 41.8 Å². The maximum atomic E-state index is 13.8. The van der Waals surface area contributed by atoms with Crippen molar-refractivity contribution in [2.45, 2.75) is 49.7 Å². The Labute approximate surface area is 210 Å². The van der Waals surface area contributed by atoms with E-state index in [0.29, 0.717) is 23.7 Å². The Balaban J connectivity index is 1.46. The Hall–Kier alpha value is -3.48. The molecule has 3 aromatic rings. The van der Waals surface area contributed by atoms with Gasteiger partial charge in [-0.05, 0) is 49.6 Å². The number of hydrogen-bond acceptors (Lipinski definition) is 7. The van der Waals surface area contributed by atoms with E-state index in [1.165, 1.54) is 17.7 Å². The number of pyridine rings is 1. The third-order valence-electron chi connectivity index (χ3n) is 7.46. The highest BCUT2D eigenvalue weighted by Gasteiger charge is 2.61. The van der Waals surface area contributed by atoms with Gasteiger partial charge in [-0.1, -0.05) is 12.1 Å². The normalized spacial score (nSPS) is 27.8. The average molecular weight is 517 g/mol. The van der Waals surface area contributed by atoms with Gasteiger partial charge >= 0.3 is 0 Å². The molecule has 196 valence electrons. The third-order valence-corrected chi connectivity index (χ3v) is 7.46. The molecule has 5 atom stereocenters. The molecule has 0 radical (unpaired) electrons. The highest BCUT2D eigenvalue weighted by molar-refractivity contribution is 6.03. The van der Waals surface area contributed by atoms with Crippen LogP contribution in [-0.2, 0) is 11.2 Å². The topological polar surface area (TPSA) is 144 Å². The first kappa shape index (κ1) is 25.2. The van der Waals surface area contributed by atoms with E-state index in [0.717, 1.165) is 11.8 Å². The molecule has 2 aliphatic rings. The van der Waals surface area contributed by atoms with Gasteiger partial charge in [-0.3, -0.25) is 4.99 Å². The van der Waals surface area contributed by atoms with Crippen molar-refractivity contribution >= 4 is 35.1 Å². The predicted molar refractivity (Wildman–Crippen MR) is 133 cm³/mol. The van der Waals surface area contributed by atoms with Crippen LogP contribution in [-0.4, -0.2) is 57.2 Å². The fourth-order valence-corrected chi connectivity index (χ4v) is 5.62. The van der Waals surface area contributed by atoms with Crippen molar-refractivity contribution < 1.29 is 28.1 Å². The molecule has 0 spiro atoms. The summed E-state index contributed by atoms with van der Waals surface area (Å²) in [6, 6.07) is 6.69. The Kier molecular flexibility index (Phi) is 6.21. The number of anilines is 1. The molecule has 0 unspecified atom stereocenters. The molecule has 1 aliphatic carbocycles. The maximum absolute atomic E-state index is 13.8. The number of nitrogen functional groups attached to an aromatic ring is 1. The summed E-state index contributed by atoms with van der Waals surface area (Å²) in [5.74, 6) is -1.19. The highest BCUT2D eigenvalue weighted by Crippen LogP contribution is 2.51. The fraction of sp³-hybridized carbons (Fsp3) is 0.400. The lowest BCUT2D eigenvalue weighted by Crippen LogP contribution is -2.45. The van der Waals surface area contributed by atoms with E-state index in [-0.39, 0.29) is 35.4 Å². The molecular weight excluding hydrogens is 489 g/mol. The lowest BCUT2D eigenvalue weighted by Gasteiger charge is -2.26. The van der Waals surface area contributed by atoms with Crippen molar-refractivity contribution in [1.29, 1.82) is 0 Å². The van der Waals surface area contributed by atoms with Crippen molar-refractivity contribution in [1.82, 2.24) is 9.55 Å². The number of ether oxygens (including phenoxy) is 1. The van der Waals surface area contributed by atoms with Crippen LogP contribution in [0.5, 0.6) is 0 Å². The number of benzene rings is 1. The van der Waals surface area contributed by atoms with Gasteiger partial charge in [0, 0.05) is 24.2 Å². The minimum Gasteiger partial charge on any atom is -0.385 e. The second-order valence-corrected chi connectivity index (χ2v) is 9.53. The second kappa shape index (κ2) is 9.12. The number of aliphatic hydroxyl groups is 2. The highest BCUT2D eigenvalue weighted by atomic mass is 19.3. The van der Waals surface area contributed by atoms with E-state index in [1.807, 2.05) is 6.07 Å². The molecule has 1 aromatic carbocycles. The first-order chi connectivity index (χ1) is 17.6. The van der Waals surface area contributed by atoms with Crippen molar-refractivity contribution in [2.24, 2.45) is 21.6 Å². The smallest absolute Gasteiger partial charge is 0.266 e. The SMILES string of the molecule is C=Nc1c(/C(N)=N\C)c(C(F)F)cn1[C@@H]1O[C@@H]2[C@H](Cc3ccc4cc(F)c(N)nc4c3)CC[C@]2(O)[C@H]1O. The van der Waals surface area contributed by atoms with Crippen molar-refractivity contribution in [2.75, 3.05) is 12.8 Å². The summed E-state index contributed by atoms with van der Waals surface area (Å²) in [6.07, 6.45) is -3.92. The minimum atomic E-state index is -2.89. The summed E-state index contributed by atoms with van der Waals surface area (Å²) >= 11 is 0. The minimum absolute atomic E-state index is 0.0343. The Bertz CT molecular complexity index is 1410. The maximum Gasteiger partial charge on any atom is 0.266 e. The van der Waals surface area contributed by atoms with Crippen LogP contribution in [0.25, 0.3) is 10.9 Å². The number of fused-ring (bicyclic) bond motifs is 2. The lowest BCUT2D eigenvalue weighted by molar-refractivity contribution is -0.0675. The zero-order valence-corrected chi connectivity index (χ0v) is 20.0. The van der Waals surface area contributed by atoms with Gasteiger partial charge in [0.25, 0.3) is 6.43 Å². The molecule has 3 heterocycles. The van der Waals surface area contributed by atoms with E-state index in [2.05, 4.69) is 21.7 Å². The summed E-state index contributed by atoms with van der Waals surface area (Å²) in [5, 5.41) is 23.2. The molecule has 2 aromatic heterocycles. The van der Waals surface area contributed by atoms with Gasteiger partial charge in [0.2, 0.25) is 0 Å². The molecular formula is C25H27F3N6O3. The van der Waals surface area contributed by atoms with Crippen LogP contribution in [0.15, 0.2) is 40.4 Å². The molecule has 6 N–H and O–H groups in total. The molecule has 1 saturated carbocycles. The second-order valence-electron chi connectivity index (χ2n) is 9.53. The van der Waals surface area contributed by atoms with Gasteiger partial charge < -0.3 is 31.0 Å². The summed E-state index contributed by atoms with van der Waals surface area (Å²) in [4.78, 5) is 11.8. The summed E-state index contributed by atoms with van der Waals surface area (Å²) in [6.45, 7) is 3.47. The van der Waals surface area contributed by atoms with Crippen LogP contribution in [0.2, 0.25) is 0 Å². The molecule has 1 saturated heterocycles. The number of halogens is 3. The number of alkyl halides is 2. The van der Waals surface area contributed by atoms with Crippen molar-refractivity contribution in [3.05, 3.63) is 53.0 Å². The van der Waals surface area contributed by atoms with Crippen molar-refractivity contribution in [3.8, 4) is 0 Å². The van der Waals surface area contributed by atoms with Gasteiger partial charge in [0.1, 0.15) is 23.4 Å². The zero-order chi connectivity index (χ0) is 26.6. The van der Waals surface area contributed by atoms with Gasteiger partial charge in [-0.2, -0.15) is 0 Å². The van der Waals surface area contributed by atoms with E-state index in [1.54, 1.807) is 12.1 Å². The van der Waals surface area contributed by atoms with E-state index >= 15 is 0 Å². The standard InChI is InChI=1S/C25H27F3N6O3/c1-31-22(30)17-14(20(27)28)10-34(23(17)32-2)24-18(35)25(36)6-5-13(19(25)37-24)7-11-3-4-12-9-15(26)21(29)33-16(12)8-11/h3-4,8-10,13,18-20,24,35-36H,2,5-7H2,1H3,(H2,29,33)(H2,30,31)/t13-,18-,19+,24+,25-/m0/s1. The molecule has 5 rings (SSSR count). The predicted octanol–water partition coefficient (Wildman–Crippen LogP) is 3.00. The largest absolute Gasteiger partial charge is 0.385 e. The fourth-order valence-electron chi connectivity index (χ4n) is 5.62. The number of aliphatic hydroxyl groups excluding tert-OH is 1. The third kappa shape index (κ3) is 3.95. The van der Waals surface area contributed by atoms with Gasteiger partial charge in [0.15, 0.2) is 17.9 Å². The Morgan fingerprint density at radius 3 is 2.81 bits per heavy atom. The van der Waals surface area contributed by atoms with Crippen LogP contribution >= 0.6 is 0 Å². The van der Waals surface area contributed by atoms with Crippen LogP contribution in [0.1, 0.15) is 42.2 Å². The average Bonchev–Trinajstić information content (AvgIpc) is 3.48. The van der Waals surface area contributed by atoms with E-state index in [4.69, 9.17) is 16.2 Å². The Morgan fingerprint density at radius 2 is 2.14 bits per heavy atom. The number of hydrogen-bond donors (Lipinski definition) is 4. The quantitative estimate of drug-likeness (QED) is 0.293. The zero-order valence-electron chi connectivity index (χ0n) is 20.0. The summed E-state index contributed by atoms with van der Waals surface area (Å²) in [5.41, 5.74) is 10.8. The van der Waals surface area contributed by atoms with Crippen molar-refractivity contribution in [3.63, 3.8) is 0 Å². The number of nitrogens with zero attached hydrogens (tertiary/aromatic N) is 4. The number of amidine groups is 1. The number of aromatic nitrogens is 2. The molecule has 1 aliphatic heterocycles. The monoisotopic (exact) mass is 516 g/mol. The molecule has 0 bridgehead atoms. The van der Waals surface area contributed by atoms with Gasteiger partial charge in [-0.15, -0.1) is 0 Å². The van der Waals surface area contributed by atoms with Crippen LogP contribution in [0.4, 0.5) is 24.8 Å². The molecule has 9 nitrogen and oxygen atoms in total. The van der Waals surface area contributed by atoms with Crippen LogP contribution < -0.4 is 11.5 Å². The number of aliphatic imine (C=N–C) groups is 2. The summed E-state index contributed by atoms with van der Waals surface area (Å²) < 4.78 is 48.8. The molecule has 37 heavy (non-hydrogen) atoms. The van der Waals surface area contributed by atoms with Gasteiger partial charge in [0.05, 0.1) is 17.2 Å². The van der Waals surface area contributed by atoms with Gasteiger partial charge in [-0.25, -0.2) is 23.1 Å². The van der Waals surface area contributed by atoms with Crippen LogP contribution in [0.3, 0.4) is 0 Å². The lowest BCUT2D eigenvalue weighted by atomic mass is 9.90. The summed E-state index contributed by atoms with van der Waals surface area (Å²) in [7, 11) is 1.36. The molecule has 2 fully saturated rings. The first-order valence-electron chi connectivity index (χ1n) is 11.7. The number of rotatable bonds is 6. The Morgan fingerprint density at radius 1 is 1.38 bits per heavy atom. The van der Waals surface area contributed by atoms with E-state index in [9.17, 15) is 23.4 Å². The first-order valence-corrected chi connectivity index (χ1v) is 11.7. The van der Waals surface area contributed by atoms with Crippen LogP contribution in [0, 0.1) is 11.7 Å². The number of nitrogens with two attached hydrogens (primary N) is 2. The molecule has 12 heteroatoms. The molecule has 0 amide bonds.